The van der Waals surface area contributed by atoms with Crippen LogP contribution in [-0.2, 0) is 71.2 Å². The van der Waals surface area contributed by atoms with Gasteiger partial charge in [-0.25, -0.2) is 0 Å². The summed E-state index contributed by atoms with van der Waals surface area (Å²) < 4.78 is 88.9. The van der Waals surface area contributed by atoms with Gasteiger partial charge in [-0.3, -0.25) is 14.4 Å². The molecule has 0 saturated carbocycles. The molecule has 0 spiro atoms. The molecule has 12 heterocycles. The lowest BCUT2D eigenvalue weighted by molar-refractivity contribution is -0.670. The first-order valence-corrected chi connectivity index (χ1v) is 39.1. The van der Waals surface area contributed by atoms with E-state index in [0.717, 1.165) is 16.7 Å². The third-order valence-corrected chi connectivity index (χ3v) is 25.9. The number of ether oxygens (including phenoxy) is 12. The summed E-state index contributed by atoms with van der Waals surface area (Å²) >= 11 is 0. The van der Waals surface area contributed by atoms with Crippen molar-refractivity contribution in [1.82, 2.24) is 0 Å². The molecule has 12 bridgehead atoms. The van der Waals surface area contributed by atoms with Gasteiger partial charge in [-0.05, 0) is 53.1 Å². The topological polar surface area (TPSA) is 198 Å². The zero-order valence-corrected chi connectivity index (χ0v) is 71.5. The quantitative estimate of drug-likeness (QED) is 0.171. The molecule has 18 heteroatoms. The summed E-state index contributed by atoms with van der Waals surface area (Å²) in [5.74, 6) is -21.1. The summed E-state index contributed by atoms with van der Waals surface area (Å²) in [4.78, 5) is 47.6. The zero-order valence-electron chi connectivity index (χ0n) is 71.5. The molecule has 3 aromatic rings. The van der Waals surface area contributed by atoms with Crippen LogP contribution in [0.1, 0.15) is 291 Å². The van der Waals surface area contributed by atoms with Crippen LogP contribution in [0.2, 0.25) is 0 Å². The fourth-order valence-electron chi connectivity index (χ4n) is 18.4. The first kappa shape index (κ1) is 81.1. The molecule has 12 saturated heterocycles. The second kappa shape index (κ2) is 22.9. The highest BCUT2D eigenvalue weighted by Gasteiger charge is 2.90. The van der Waals surface area contributed by atoms with Crippen LogP contribution in [0.4, 0.5) is 17.1 Å². The van der Waals surface area contributed by atoms with E-state index in [1.165, 1.54) is 0 Å². The van der Waals surface area contributed by atoms with Crippen molar-refractivity contribution < 1.29 is 71.2 Å². The number of rotatable bonds is 9. The van der Waals surface area contributed by atoms with Crippen LogP contribution in [0.5, 0.6) is 0 Å². The van der Waals surface area contributed by atoms with Gasteiger partial charge in [0.05, 0.1) is 19.3 Å². The Balaban J connectivity index is 0.923. The molecular weight excluding hydrogens is 1340 g/mol. The first-order valence-electron chi connectivity index (χ1n) is 39.1. The summed E-state index contributed by atoms with van der Waals surface area (Å²) in [7, 11) is 0. The molecule has 12 fully saturated rings. The van der Waals surface area contributed by atoms with Crippen molar-refractivity contribution in [3.8, 4) is 0 Å². The van der Waals surface area contributed by atoms with E-state index in [4.69, 9.17) is 56.8 Å². The van der Waals surface area contributed by atoms with Gasteiger partial charge >= 0.3 is 0 Å². The van der Waals surface area contributed by atoms with E-state index in [2.05, 4.69) is 265 Å². The summed E-state index contributed by atoms with van der Waals surface area (Å²) in [6.07, 6.45) is 0.918. The van der Waals surface area contributed by atoms with Gasteiger partial charge in [0.1, 0.15) is 17.8 Å². The van der Waals surface area contributed by atoms with Gasteiger partial charge in [-0.2, -0.15) is 0 Å². The fourth-order valence-corrected chi connectivity index (χ4v) is 18.4. The lowest BCUT2D eigenvalue weighted by atomic mass is 9.59. The predicted octanol–water partition coefficient (Wildman–Crippen LogP) is 19.9. The molecule has 15 rings (SSSR count). The van der Waals surface area contributed by atoms with Gasteiger partial charge in [-0.15, -0.1) is 0 Å². The van der Waals surface area contributed by atoms with Crippen LogP contribution >= 0.6 is 0 Å². The Morgan fingerprint density at radius 2 is 0.377 bits per heavy atom. The minimum atomic E-state index is -1.52. The number of carbonyl (C=O) groups excluding carboxylic acids is 3. The number of hydrogen-bond donors (Lipinski definition) is 3. The highest BCUT2D eigenvalue weighted by Crippen LogP contribution is 2.78. The Kier molecular flexibility index (Phi) is 17.5. The van der Waals surface area contributed by atoms with Gasteiger partial charge in [0.2, 0.25) is 17.7 Å². The molecule has 18 nitrogen and oxygen atoms in total. The molecule has 3 amide bonds. The van der Waals surface area contributed by atoms with Gasteiger partial charge < -0.3 is 72.8 Å². The first-order chi connectivity index (χ1) is 47.4. The normalized spacial score (nSPS) is 37.9. The molecule has 3 N–H and O–H groups in total. The largest absolute Gasteiger partial charge is 0.325 e. The van der Waals surface area contributed by atoms with Crippen molar-refractivity contribution in [2.24, 2.45) is 82.7 Å². The molecule has 12 aliphatic rings. The number of carbonyl (C=O) groups is 3. The van der Waals surface area contributed by atoms with E-state index in [9.17, 15) is 0 Å². The Morgan fingerprint density at radius 1 is 0.245 bits per heavy atom. The predicted molar refractivity (Wildman–Crippen MR) is 410 cm³/mol. The van der Waals surface area contributed by atoms with Crippen LogP contribution < -0.4 is 16.0 Å². The van der Waals surface area contributed by atoms with Crippen molar-refractivity contribution in [2.45, 2.75) is 344 Å². The standard InChI is InChI=1S/C88H133N3O15/c1-65(2,3)77-49-78(66(4,5)6)97-83(95-77,71(19,20)21)59(84(96-77,98-78)72(22,23)24)62(92)89-55-43-37-52(38-44-55)58(53-39-45-56(46-40-53)90-63(93)60-85(73(25,26)27)99-79(67(7,8)9)50-80(101-85,68(10,11)12)102-86(60,100-79)74(28,29)30)54-41-47-57(48-42-54)91-64(94)61-87(75(31,32)33)103-81(69(13,14)15)51-82(105-87,70(16,17)18)106-88(61,104-81)76(34,35)36/h37-48,58-61H,49-51H2,1-36H3,(H,89,92)(H,90,93)(H,91,94). The highest BCUT2D eigenvalue weighted by atomic mass is 17.0. The summed E-state index contributed by atoms with van der Waals surface area (Å²) in [6, 6.07) is 23.6. The van der Waals surface area contributed by atoms with Crippen molar-refractivity contribution in [1.29, 1.82) is 0 Å². The molecular formula is C88H133N3O15. The number of anilines is 3. The summed E-state index contributed by atoms with van der Waals surface area (Å²) in [6.45, 7) is 75.3. The third kappa shape index (κ3) is 11.1. The second-order valence-electron chi connectivity index (χ2n) is 45.3. The second-order valence-corrected chi connectivity index (χ2v) is 45.3. The van der Waals surface area contributed by atoms with Crippen LogP contribution in [0.15, 0.2) is 72.8 Å². The minimum Gasteiger partial charge on any atom is -0.325 e. The van der Waals surface area contributed by atoms with Crippen molar-refractivity contribution in [2.75, 3.05) is 16.0 Å². The van der Waals surface area contributed by atoms with Crippen LogP contribution in [0.3, 0.4) is 0 Å². The molecule has 0 atom stereocenters. The Labute approximate surface area is 635 Å². The molecule has 106 heavy (non-hydrogen) atoms. The van der Waals surface area contributed by atoms with E-state index < -0.39 is 158 Å². The maximum atomic E-state index is 15.9. The molecule has 12 aliphatic heterocycles. The molecule has 0 radical (unpaired) electrons. The molecule has 3 aromatic carbocycles. The summed E-state index contributed by atoms with van der Waals surface area (Å²) in [5, 5.41) is 9.99. The maximum Gasteiger partial charge on any atom is 0.238 e. The van der Waals surface area contributed by atoms with E-state index in [1.807, 2.05) is 72.8 Å². The Bertz CT molecular complexity index is 3350. The van der Waals surface area contributed by atoms with E-state index in [1.54, 1.807) is 0 Å². The SMILES string of the molecule is CC(C)(C)C12CC3(C(C)(C)C)OC(C(C)(C)C)(O1)C(C(=O)Nc1ccc(C(c4ccc(NC(=O)C5C6(C(C)(C)C)OC7(C(C)(C)C)CC(C(C)(C)C)(O6)OC5(C(C)(C)C)O7)cc4)c4ccc(NC(=O)C5C6(C(C)(C)C)OC7(C(C)(C)C)CC(C(C)(C)C)(O6)OC5(C(C)(C)C)O7)cc4)cc1)C(C(C)(C)C)(O2)O3. The highest BCUT2D eigenvalue weighted by molar-refractivity contribution is 5.96. The molecule has 0 unspecified atom stereocenters. The van der Waals surface area contributed by atoms with E-state index in [0.29, 0.717) is 36.3 Å². The van der Waals surface area contributed by atoms with Gasteiger partial charge in [0, 0.05) is 88.0 Å². The smallest absolute Gasteiger partial charge is 0.238 e. The third-order valence-electron chi connectivity index (χ3n) is 25.9. The van der Waals surface area contributed by atoms with Crippen LogP contribution in [0, 0.1) is 82.7 Å². The van der Waals surface area contributed by atoms with Crippen molar-refractivity contribution >= 4 is 34.8 Å². The zero-order chi connectivity index (χ0) is 79.7. The molecule has 590 valence electrons. The molecule has 0 aliphatic carbocycles. The van der Waals surface area contributed by atoms with Crippen LogP contribution in [-0.4, -0.2) is 87.2 Å². The minimum absolute atomic E-state index is 0.306. The van der Waals surface area contributed by atoms with Gasteiger partial charge in [-0.1, -0.05) is 286 Å². The Morgan fingerprint density at radius 3 is 0.491 bits per heavy atom. The lowest BCUT2D eigenvalue weighted by Crippen LogP contribution is -2.90. The van der Waals surface area contributed by atoms with Gasteiger partial charge in [0.15, 0.2) is 69.4 Å². The number of amides is 3. The van der Waals surface area contributed by atoms with Gasteiger partial charge in [0.25, 0.3) is 0 Å². The monoisotopic (exact) mass is 1470 g/mol. The van der Waals surface area contributed by atoms with E-state index in [-0.39, 0.29) is 17.7 Å². The lowest BCUT2D eigenvalue weighted by Gasteiger charge is -2.78. The number of nitrogens with one attached hydrogen (secondary N) is 3. The van der Waals surface area contributed by atoms with Crippen molar-refractivity contribution in [3.05, 3.63) is 89.5 Å². The average molecular weight is 1470 g/mol. The van der Waals surface area contributed by atoms with Crippen molar-refractivity contribution in [3.63, 3.8) is 0 Å². The molecule has 0 aromatic heterocycles. The number of benzene rings is 3. The Hall–Kier alpha value is -4.41. The summed E-state index contributed by atoms with van der Waals surface area (Å²) in [5.41, 5.74) is -3.80. The fraction of sp³-hybridized carbons (Fsp3) is 0.761. The maximum absolute atomic E-state index is 15.9. The number of hydrogen-bond acceptors (Lipinski definition) is 15. The van der Waals surface area contributed by atoms with E-state index >= 15 is 14.4 Å². The average Bonchev–Trinajstić information content (AvgIpc) is 0.656. The van der Waals surface area contributed by atoms with Crippen LogP contribution in [0.25, 0.3) is 0 Å².